The van der Waals surface area contributed by atoms with Crippen LogP contribution in [0, 0.1) is 0 Å². The molecule has 0 unspecified atom stereocenters. The Morgan fingerprint density at radius 2 is 1.73 bits per heavy atom. The smallest absolute Gasteiger partial charge is 0.407 e. The molecule has 4 rings (SSSR count). The van der Waals surface area contributed by atoms with Crippen LogP contribution < -0.4 is 5.32 Å². The lowest BCUT2D eigenvalue weighted by Crippen LogP contribution is -2.26. The highest BCUT2D eigenvalue weighted by Crippen LogP contribution is 2.44. The Morgan fingerprint density at radius 3 is 2.40 bits per heavy atom. The monoisotopic (exact) mass is 402 g/mol. The first-order valence-corrected chi connectivity index (χ1v) is 9.69. The Balaban J connectivity index is 1.30. The molecule has 6 heteroatoms. The van der Waals surface area contributed by atoms with E-state index in [1.165, 1.54) is 29.4 Å². The summed E-state index contributed by atoms with van der Waals surface area (Å²) >= 11 is 0. The third kappa shape index (κ3) is 3.98. The van der Waals surface area contributed by atoms with Crippen molar-refractivity contribution in [3.8, 4) is 11.1 Å². The van der Waals surface area contributed by atoms with Gasteiger partial charge in [-0.25, -0.2) is 9.59 Å². The number of H-pyrrole nitrogens is 1. The highest BCUT2D eigenvalue weighted by molar-refractivity contribution is 5.88. The molecule has 0 bridgehead atoms. The summed E-state index contributed by atoms with van der Waals surface area (Å²) in [7, 11) is 1.33. The van der Waals surface area contributed by atoms with Gasteiger partial charge in [-0.2, -0.15) is 0 Å². The number of methoxy groups -OCH3 is 1. The summed E-state index contributed by atoms with van der Waals surface area (Å²) in [6, 6.07) is 18.1. The molecule has 6 nitrogen and oxygen atoms in total. The SMILES string of the molecule is COC(=O)c1cc(C=CCNC(=O)OCC2c3ccccc3-c3ccccc32)c[nH]1. The van der Waals surface area contributed by atoms with Crippen LogP contribution in [0.5, 0.6) is 0 Å². The number of carbonyl (C=O) groups is 2. The van der Waals surface area contributed by atoms with Crippen LogP contribution in [0.3, 0.4) is 0 Å². The van der Waals surface area contributed by atoms with E-state index < -0.39 is 12.1 Å². The van der Waals surface area contributed by atoms with Crippen molar-refractivity contribution in [1.82, 2.24) is 10.3 Å². The zero-order valence-electron chi connectivity index (χ0n) is 16.6. The summed E-state index contributed by atoms with van der Waals surface area (Å²) in [5.41, 5.74) is 5.94. The van der Waals surface area contributed by atoms with Gasteiger partial charge in [0.1, 0.15) is 12.3 Å². The van der Waals surface area contributed by atoms with Crippen LogP contribution in [0.25, 0.3) is 17.2 Å². The van der Waals surface area contributed by atoms with Gasteiger partial charge in [0.25, 0.3) is 0 Å². The molecule has 2 N–H and O–H groups in total. The molecule has 1 aliphatic carbocycles. The number of ether oxygens (including phenoxy) is 2. The van der Waals surface area contributed by atoms with Gasteiger partial charge in [0.15, 0.2) is 0 Å². The number of aromatic amines is 1. The molecule has 3 aromatic rings. The van der Waals surface area contributed by atoms with Gasteiger partial charge >= 0.3 is 12.1 Å². The van der Waals surface area contributed by atoms with Crippen LogP contribution in [0.2, 0.25) is 0 Å². The average Bonchev–Trinajstić information content (AvgIpc) is 3.38. The van der Waals surface area contributed by atoms with E-state index >= 15 is 0 Å². The van der Waals surface area contributed by atoms with Crippen LogP contribution in [0.4, 0.5) is 4.79 Å². The third-order valence-electron chi connectivity index (χ3n) is 5.13. The number of nitrogens with one attached hydrogen (secondary N) is 2. The number of rotatable bonds is 6. The molecule has 0 radical (unpaired) electrons. The minimum atomic E-state index is -0.467. The van der Waals surface area contributed by atoms with Gasteiger partial charge in [0.2, 0.25) is 0 Å². The van der Waals surface area contributed by atoms with E-state index in [1.807, 2.05) is 24.3 Å². The van der Waals surface area contributed by atoms with Gasteiger partial charge in [-0.05, 0) is 33.9 Å². The molecule has 1 aliphatic rings. The quantitative estimate of drug-likeness (QED) is 0.601. The third-order valence-corrected chi connectivity index (χ3v) is 5.13. The van der Waals surface area contributed by atoms with Crippen LogP contribution in [0.1, 0.15) is 33.1 Å². The summed E-state index contributed by atoms with van der Waals surface area (Å²) in [5, 5.41) is 2.72. The number of hydrogen-bond acceptors (Lipinski definition) is 4. The fourth-order valence-electron chi connectivity index (χ4n) is 3.72. The molecule has 1 amide bonds. The van der Waals surface area contributed by atoms with E-state index in [9.17, 15) is 9.59 Å². The van der Waals surface area contributed by atoms with Crippen molar-refractivity contribution < 1.29 is 19.1 Å². The molecule has 30 heavy (non-hydrogen) atoms. The second kappa shape index (κ2) is 8.69. The number of esters is 1. The number of benzene rings is 2. The Morgan fingerprint density at radius 1 is 1.07 bits per heavy atom. The summed E-state index contributed by atoms with van der Waals surface area (Å²) in [6.07, 6.45) is 4.81. The topological polar surface area (TPSA) is 80.4 Å². The van der Waals surface area contributed by atoms with Crippen LogP contribution in [-0.2, 0) is 9.47 Å². The van der Waals surface area contributed by atoms with Gasteiger partial charge in [-0.1, -0.05) is 60.7 Å². The molecular formula is C24H22N2O4. The molecular weight excluding hydrogens is 380 g/mol. The molecule has 0 spiro atoms. The maximum absolute atomic E-state index is 12.1. The number of amides is 1. The molecule has 0 saturated heterocycles. The van der Waals surface area contributed by atoms with E-state index in [0.29, 0.717) is 12.2 Å². The lowest BCUT2D eigenvalue weighted by Gasteiger charge is -2.14. The fraction of sp³-hybridized carbons (Fsp3) is 0.167. The van der Waals surface area contributed by atoms with Crippen molar-refractivity contribution in [2.75, 3.05) is 20.3 Å². The van der Waals surface area contributed by atoms with Gasteiger partial charge in [0.05, 0.1) is 7.11 Å². The second-order valence-corrected chi connectivity index (χ2v) is 6.95. The Bertz CT molecular complexity index is 1050. The van der Waals surface area contributed by atoms with Crippen molar-refractivity contribution >= 4 is 18.1 Å². The standard InChI is InChI=1S/C24H22N2O4/c1-29-23(27)22-13-16(14-26-22)7-6-12-25-24(28)30-15-21-19-10-4-2-8-17(19)18-9-3-5-11-20(18)21/h2-11,13-14,21,26H,12,15H2,1H3,(H,25,28). The van der Waals surface area contributed by atoms with Gasteiger partial charge in [-0.15, -0.1) is 0 Å². The number of hydrogen-bond donors (Lipinski definition) is 2. The summed E-state index contributed by atoms with van der Waals surface area (Å²) in [4.78, 5) is 26.4. The van der Waals surface area contributed by atoms with Crippen molar-refractivity contribution in [1.29, 1.82) is 0 Å². The maximum atomic E-state index is 12.1. The first-order valence-electron chi connectivity index (χ1n) is 9.69. The average molecular weight is 402 g/mol. The number of aromatic nitrogens is 1. The highest BCUT2D eigenvalue weighted by Gasteiger charge is 2.28. The first kappa shape index (κ1) is 19.5. The van der Waals surface area contributed by atoms with Crippen LogP contribution in [0.15, 0.2) is 66.9 Å². The van der Waals surface area contributed by atoms with E-state index in [1.54, 1.807) is 24.4 Å². The zero-order valence-corrected chi connectivity index (χ0v) is 16.6. The summed E-state index contributed by atoms with van der Waals surface area (Å²) in [5.74, 6) is -0.387. The molecule has 152 valence electrons. The van der Waals surface area contributed by atoms with Crippen molar-refractivity contribution in [3.63, 3.8) is 0 Å². The molecule has 1 heterocycles. The van der Waals surface area contributed by atoms with E-state index in [4.69, 9.17) is 4.74 Å². The predicted molar refractivity (Wildman–Crippen MR) is 114 cm³/mol. The van der Waals surface area contributed by atoms with Crippen molar-refractivity contribution in [3.05, 3.63) is 89.3 Å². The summed E-state index contributed by atoms with van der Waals surface area (Å²) in [6.45, 7) is 0.597. The van der Waals surface area contributed by atoms with Crippen molar-refractivity contribution in [2.45, 2.75) is 5.92 Å². The first-order chi connectivity index (χ1) is 14.7. The number of fused-ring (bicyclic) bond motifs is 3. The largest absolute Gasteiger partial charge is 0.464 e. The molecule has 0 fully saturated rings. The number of alkyl carbamates (subject to hydrolysis) is 1. The molecule has 0 aliphatic heterocycles. The van der Waals surface area contributed by atoms with E-state index in [2.05, 4.69) is 39.3 Å². The molecule has 0 atom stereocenters. The Hall–Kier alpha value is -3.80. The minimum absolute atomic E-state index is 0.0373. The second-order valence-electron chi connectivity index (χ2n) is 6.95. The van der Waals surface area contributed by atoms with Gasteiger partial charge in [-0.3, -0.25) is 0 Å². The maximum Gasteiger partial charge on any atom is 0.407 e. The van der Waals surface area contributed by atoms with Crippen LogP contribution in [-0.4, -0.2) is 37.3 Å². The summed E-state index contributed by atoms with van der Waals surface area (Å²) < 4.78 is 10.1. The Kier molecular flexibility index (Phi) is 5.66. The van der Waals surface area contributed by atoms with Gasteiger partial charge in [0, 0.05) is 18.7 Å². The minimum Gasteiger partial charge on any atom is -0.464 e. The van der Waals surface area contributed by atoms with Crippen molar-refractivity contribution in [2.24, 2.45) is 0 Å². The van der Waals surface area contributed by atoms with E-state index in [-0.39, 0.29) is 12.5 Å². The van der Waals surface area contributed by atoms with Crippen LogP contribution >= 0.6 is 0 Å². The molecule has 0 saturated carbocycles. The zero-order chi connectivity index (χ0) is 20.9. The Labute approximate surface area is 174 Å². The van der Waals surface area contributed by atoms with E-state index in [0.717, 1.165) is 5.56 Å². The fourth-order valence-corrected chi connectivity index (χ4v) is 3.72. The van der Waals surface area contributed by atoms with Gasteiger partial charge < -0.3 is 19.8 Å². The number of carbonyl (C=O) groups excluding carboxylic acids is 2. The molecule has 2 aromatic carbocycles. The lowest BCUT2D eigenvalue weighted by molar-refractivity contribution is 0.0594. The predicted octanol–water partition coefficient (Wildman–Crippen LogP) is 4.35. The highest BCUT2D eigenvalue weighted by atomic mass is 16.5. The lowest BCUT2D eigenvalue weighted by atomic mass is 9.98. The normalized spacial score (nSPS) is 12.4. The molecule has 1 aromatic heterocycles.